The molecule has 0 aliphatic carbocycles. The quantitative estimate of drug-likeness (QED) is 0.133. The Morgan fingerprint density at radius 1 is 0.941 bits per heavy atom. The maximum Gasteiger partial charge on any atom is 0.180 e. The van der Waals surface area contributed by atoms with E-state index in [9.17, 15) is 23.5 Å². The Balaban J connectivity index is 0.000000236. The lowest BCUT2D eigenvalue weighted by Gasteiger charge is -2.21. The normalized spacial score (nSPS) is 17.7. The van der Waals surface area contributed by atoms with E-state index >= 15 is 0 Å². The molecule has 0 spiro atoms. The number of rotatable bonds is 10. The molecule has 9 nitrogen and oxygen atoms in total. The molecule has 4 heterocycles. The first-order valence-corrected chi connectivity index (χ1v) is 17.1. The summed E-state index contributed by atoms with van der Waals surface area (Å²) in [7, 11) is 0. The second-order valence-electron chi connectivity index (χ2n) is 12.9. The summed E-state index contributed by atoms with van der Waals surface area (Å²) >= 11 is 6.77. The highest BCUT2D eigenvalue weighted by Gasteiger charge is 2.46. The lowest BCUT2D eigenvalue weighted by Crippen LogP contribution is -2.36. The van der Waals surface area contributed by atoms with Gasteiger partial charge in [-0.05, 0) is 102 Å². The molecule has 2 aromatic carbocycles. The van der Waals surface area contributed by atoms with Crippen LogP contribution in [0.3, 0.4) is 0 Å². The Hall–Kier alpha value is -5.12. The van der Waals surface area contributed by atoms with Gasteiger partial charge in [-0.1, -0.05) is 11.6 Å². The van der Waals surface area contributed by atoms with Gasteiger partial charge in [0.05, 0.1) is 40.4 Å². The van der Waals surface area contributed by atoms with Crippen molar-refractivity contribution in [1.82, 2.24) is 14.0 Å². The van der Waals surface area contributed by atoms with Crippen molar-refractivity contribution in [1.29, 1.82) is 15.8 Å². The van der Waals surface area contributed by atoms with Crippen LogP contribution in [0.25, 0.3) is 11.4 Å². The minimum absolute atomic E-state index is 0.00958. The zero-order valence-corrected chi connectivity index (χ0v) is 29.3. The minimum Gasteiger partial charge on any atom is -0.391 e. The van der Waals surface area contributed by atoms with Gasteiger partial charge < -0.3 is 14.2 Å². The van der Waals surface area contributed by atoms with Gasteiger partial charge in [0.25, 0.3) is 0 Å². The van der Waals surface area contributed by atoms with Gasteiger partial charge in [0.2, 0.25) is 0 Å². The Morgan fingerprint density at radius 3 is 2.12 bits per heavy atom. The standard InChI is InChI=1S/C25H26ClFN4O2.C14H11FN2O/c1-15-24(23(33)14-30-17-8-9-20(30)22(32)12-17)25(26)21(5-3-2-4-10-28)31(15)18-7-6-16(13-29)19(27)11-18;1-9-13(10(2)18)5-6-17(9)12-4-3-11(8-16)14(15)7-12/h6-7,11,17,20,22,32H,2-5,8-9,12,14H2,1H3;3-7H,1-2H3/t17?,20?,22-;/m0./s1. The maximum atomic E-state index is 14.4. The van der Waals surface area contributed by atoms with Crippen LogP contribution in [0.4, 0.5) is 8.78 Å². The van der Waals surface area contributed by atoms with E-state index in [0.29, 0.717) is 71.0 Å². The van der Waals surface area contributed by atoms with Gasteiger partial charge in [-0.3, -0.25) is 14.5 Å². The van der Waals surface area contributed by atoms with Crippen LogP contribution in [-0.4, -0.2) is 55.4 Å². The number of Topliss-reactive ketones (excluding diaryl/α,β-unsaturated/α-hetero) is 2. The van der Waals surface area contributed by atoms with Crippen molar-refractivity contribution in [3.63, 3.8) is 0 Å². The van der Waals surface area contributed by atoms with Crippen LogP contribution in [0.2, 0.25) is 5.02 Å². The highest BCUT2D eigenvalue weighted by molar-refractivity contribution is 6.35. The van der Waals surface area contributed by atoms with E-state index in [1.807, 2.05) is 6.07 Å². The number of aromatic nitrogens is 2. The van der Waals surface area contributed by atoms with Crippen molar-refractivity contribution in [2.75, 3.05) is 6.54 Å². The van der Waals surface area contributed by atoms with Gasteiger partial charge in [-0.2, -0.15) is 15.8 Å². The van der Waals surface area contributed by atoms with Crippen LogP contribution < -0.4 is 0 Å². The highest BCUT2D eigenvalue weighted by Crippen LogP contribution is 2.39. The summed E-state index contributed by atoms with van der Waals surface area (Å²) in [6.45, 7) is 5.27. The van der Waals surface area contributed by atoms with E-state index in [2.05, 4.69) is 11.0 Å². The number of hydrogen-bond donors (Lipinski definition) is 1. The van der Waals surface area contributed by atoms with Crippen molar-refractivity contribution in [2.45, 2.75) is 83.9 Å². The number of aliphatic hydroxyl groups excluding tert-OH is 1. The Labute approximate surface area is 300 Å². The van der Waals surface area contributed by atoms with Crippen molar-refractivity contribution in [3.05, 3.63) is 105 Å². The summed E-state index contributed by atoms with van der Waals surface area (Å²) in [5.74, 6) is -1.34. The maximum absolute atomic E-state index is 14.4. The number of unbranched alkanes of at least 4 members (excludes halogenated alkanes) is 2. The fraction of sp³-hybridized carbons (Fsp3) is 0.359. The van der Waals surface area contributed by atoms with Gasteiger partial charge >= 0.3 is 0 Å². The summed E-state index contributed by atoms with van der Waals surface area (Å²) in [4.78, 5) is 26.9. The van der Waals surface area contributed by atoms with E-state index < -0.39 is 17.7 Å². The number of hydrogen-bond acceptors (Lipinski definition) is 7. The predicted molar refractivity (Wildman–Crippen MR) is 187 cm³/mol. The average Bonchev–Trinajstić information content (AvgIpc) is 3.82. The summed E-state index contributed by atoms with van der Waals surface area (Å²) < 4.78 is 31.5. The van der Waals surface area contributed by atoms with Crippen molar-refractivity contribution in [3.8, 4) is 29.6 Å². The van der Waals surface area contributed by atoms with Gasteiger partial charge in [-0.15, -0.1) is 0 Å². The number of nitriles is 3. The van der Waals surface area contributed by atoms with Crippen LogP contribution in [0.5, 0.6) is 0 Å². The second kappa shape index (κ2) is 15.8. The molecule has 2 aromatic heterocycles. The first-order chi connectivity index (χ1) is 24.4. The van der Waals surface area contributed by atoms with Crippen molar-refractivity contribution in [2.24, 2.45) is 0 Å². The van der Waals surface area contributed by atoms with Crippen LogP contribution in [0.1, 0.15) is 94.4 Å². The predicted octanol–water partition coefficient (Wildman–Crippen LogP) is 7.47. The number of nitrogens with zero attached hydrogens (tertiary/aromatic N) is 6. The molecular formula is C39H37ClF2N6O3. The van der Waals surface area contributed by atoms with E-state index in [0.717, 1.165) is 18.5 Å². The first-order valence-electron chi connectivity index (χ1n) is 16.7. The van der Waals surface area contributed by atoms with E-state index in [-0.39, 0.29) is 41.3 Å². The number of benzene rings is 2. The Morgan fingerprint density at radius 2 is 1.59 bits per heavy atom. The molecule has 4 aromatic rings. The summed E-state index contributed by atoms with van der Waals surface area (Å²) in [6.07, 6.45) is 6.24. The molecule has 2 aliphatic rings. The van der Waals surface area contributed by atoms with Crippen LogP contribution in [-0.2, 0) is 6.42 Å². The van der Waals surface area contributed by atoms with Crippen LogP contribution in [0.15, 0.2) is 48.7 Å². The molecule has 2 bridgehead atoms. The molecule has 3 atom stereocenters. The minimum atomic E-state index is -0.634. The lowest BCUT2D eigenvalue weighted by molar-refractivity contribution is 0.0873. The number of carbonyl (C=O) groups excluding carboxylic acids is 2. The second-order valence-corrected chi connectivity index (χ2v) is 13.3. The van der Waals surface area contributed by atoms with E-state index in [1.165, 1.54) is 31.2 Å². The third-order valence-corrected chi connectivity index (χ3v) is 10.3. The Kier molecular flexibility index (Phi) is 11.5. The first kappa shape index (κ1) is 37.1. The summed E-state index contributed by atoms with van der Waals surface area (Å²) in [5, 5.41) is 37.2. The molecule has 2 aliphatic heterocycles. The third kappa shape index (κ3) is 7.50. The van der Waals surface area contributed by atoms with Crippen LogP contribution in [0, 0.1) is 59.5 Å². The number of ketones is 2. The molecule has 2 saturated heterocycles. The molecule has 262 valence electrons. The molecule has 1 N–H and O–H groups in total. The zero-order chi connectivity index (χ0) is 37.0. The summed E-state index contributed by atoms with van der Waals surface area (Å²) in [5.41, 5.74) is 4.15. The van der Waals surface area contributed by atoms with Gasteiger partial charge in [0.15, 0.2) is 11.6 Å². The molecular weight excluding hydrogens is 674 g/mol. The highest BCUT2D eigenvalue weighted by atomic mass is 35.5. The molecule has 2 unspecified atom stereocenters. The van der Waals surface area contributed by atoms with Crippen LogP contribution >= 0.6 is 11.6 Å². The third-order valence-electron chi connectivity index (χ3n) is 9.85. The molecule has 12 heteroatoms. The van der Waals surface area contributed by atoms with Crippen molar-refractivity contribution < 1.29 is 23.5 Å². The van der Waals surface area contributed by atoms with Gasteiger partial charge in [0, 0.05) is 58.7 Å². The Bertz CT molecular complexity index is 2120. The van der Waals surface area contributed by atoms with Gasteiger partial charge in [0.1, 0.15) is 23.8 Å². The number of fused-ring (bicyclic) bond motifs is 2. The smallest absolute Gasteiger partial charge is 0.180 e. The average molecular weight is 711 g/mol. The zero-order valence-electron chi connectivity index (χ0n) is 28.6. The van der Waals surface area contributed by atoms with E-state index in [4.69, 9.17) is 27.4 Å². The molecule has 51 heavy (non-hydrogen) atoms. The lowest BCUT2D eigenvalue weighted by atomic mass is 9.98. The molecule has 2 fully saturated rings. The van der Waals surface area contributed by atoms with Gasteiger partial charge in [-0.25, -0.2) is 8.78 Å². The fourth-order valence-electron chi connectivity index (χ4n) is 7.31. The SMILES string of the molecule is CC(=O)c1ccn(-c2ccc(C#N)c(F)c2)c1C.Cc1c(C(=O)CN2C3CCC2[C@@H](O)C3)c(Cl)c(CCCCC#N)n1-c1ccc(C#N)c(F)c1. The fourth-order valence-corrected chi connectivity index (χ4v) is 7.73. The van der Waals surface area contributed by atoms with E-state index in [1.54, 1.807) is 53.4 Å². The molecule has 0 saturated carbocycles. The largest absolute Gasteiger partial charge is 0.391 e. The monoisotopic (exact) mass is 710 g/mol. The summed E-state index contributed by atoms with van der Waals surface area (Å²) in [6, 6.07) is 16.4. The number of aliphatic hydroxyl groups is 1. The van der Waals surface area contributed by atoms with Crippen molar-refractivity contribution >= 4 is 23.2 Å². The number of carbonyl (C=O) groups is 2. The molecule has 0 amide bonds. The number of halogens is 3. The topological polar surface area (TPSA) is 139 Å². The molecule has 6 rings (SSSR count). The molecule has 0 radical (unpaired) electrons.